The standard InChI is InChI=1S/C15H10BrFN2O/c16-11-3-1-10(2-4-11)8-19-9-18-14-7-12(17)5-6-13(14)15(19)20/h1-7,9H,8H2. The number of halogens is 2. The molecule has 20 heavy (non-hydrogen) atoms. The molecular formula is C15H10BrFN2O. The van der Waals surface area contributed by atoms with Crippen LogP contribution < -0.4 is 5.56 Å². The molecule has 5 heteroatoms. The first-order chi connectivity index (χ1) is 9.63. The van der Waals surface area contributed by atoms with Crippen LogP contribution in [0.5, 0.6) is 0 Å². The van der Waals surface area contributed by atoms with Gasteiger partial charge < -0.3 is 0 Å². The van der Waals surface area contributed by atoms with Crippen molar-refractivity contribution < 1.29 is 4.39 Å². The van der Waals surface area contributed by atoms with Gasteiger partial charge in [-0.05, 0) is 29.8 Å². The van der Waals surface area contributed by atoms with Crippen LogP contribution in [0.25, 0.3) is 10.9 Å². The fourth-order valence-corrected chi connectivity index (χ4v) is 2.29. The van der Waals surface area contributed by atoms with Crippen LogP contribution >= 0.6 is 15.9 Å². The predicted molar refractivity (Wildman–Crippen MR) is 79.2 cm³/mol. The minimum absolute atomic E-state index is 0.169. The summed E-state index contributed by atoms with van der Waals surface area (Å²) in [7, 11) is 0. The minimum atomic E-state index is -0.393. The van der Waals surface area contributed by atoms with E-state index in [9.17, 15) is 9.18 Å². The molecule has 0 amide bonds. The molecule has 2 aromatic carbocycles. The van der Waals surface area contributed by atoms with Gasteiger partial charge in [0, 0.05) is 10.5 Å². The summed E-state index contributed by atoms with van der Waals surface area (Å²) in [5, 5.41) is 0.422. The lowest BCUT2D eigenvalue weighted by atomic mass is 10.2. The lowest BCUT2D eigenvalue weighted by Crippen LogP contribution is -2.21. The van der Waals surface area contributed by atoms with Crippen LogP contribution in [0, 0.1) is 5.82 Å². The van der Waals surface area contributed by atoms with Gasteiger partial charge in [0.05, 0.1) is 23.8 Å². The van der Waals surface area contributed by atoms with E-state index in [2.05, 4.69) is 20.9 Å². The number of fused-ring (bicyclic) bond motifs is 1. The van der Waals surface area contributed by atoms with E-state index in [0.717, 1.165) is 10.0 Å². The van der Waals surface area contributed by atoms with Crippen molar-refractivity contribution in [2.24, 2.45) is 0 Å². The molecule has 0 aliphatic rings. The molecule has 0 radical (unpaired) electrons. The third kappa shape index (κ3) is 2.49. The van der Waals surface area contributed by atoms with E-state index in [0.29, 0.717) is 17.4 Å². The Hall–Kier alpha value is -2.01. The van der Waals surface area contributed by atoms with E-state index in [1.54, 1.807) is 0 Å². The molecule has 0 unspecified atom stereocenters. The van der Waals surface area contributed by atoms with Crippen molar-refractivity contribution in [3.05, 3.63) is 75.0 Å². The van der Waals surface area contributed by atoms with E-state index in [1.165, 1.54) is 29.1 Å². The van der Waals surface area contributed by atoms with Gasteiger partial charge in [-0.3, -0.25) is 9.36 Å². The van der Waals surface area contributed by atoms with Crippen LogP contribution in [0.4, 0.5) is 4.39 Å². The monoisotopic (exact) mass is 332 g/mol. The van der Waals surface area contributed by atoms with Crippen molar-refractivity contribution in [1.82, 2.24) is 9.55 Å². The summed E-state index contributed by atoms with van der Waals surface area (Å²) in [6.07, 6.45) is 1.45. The molecule has 3 rings (SSSR count). The number of hydrogen-bond donors (Lipinski definition) is 0. The van der Waals surface area contributed by atoms with Crippen LogP contribution in [0.2, 0.25) is 0 Å². The summed E-state index contributed by atoms with van der Waals surface area (Å²) in [6, 6.07) is 11.7. The van der Waals surface area contributed by atoms with Crippen LogP contribution in [0.15, 0.2) is 58.1 Å². The highest BCUT2D eigenvalue weighted by Gasteiger charge is 2.05. The molecule has 0 bridgehead atoms. The van der Waals surface area contributed by atoms with Crippen molar-refractivity contribution in [3.8, 4) is 0 Å². The molecule has 1 aromatic heterocycles. The maximum absolute atomic E-state index is 13.1. The zero-order chi connectivity index (χ0) is 14.1. The van der Waals surface area contributed by atoms with Crippen molar-refractivity contribution in [3.63, 3.8) is 0 Å². The van der Waals surface area contributed by atoms with Crippen LogP contribution in [0.3, 0.4) is 0 Å². The zero-order valence-corrected chi connectivity index (χ0v) is 12.0. The van der Waals surface area contributed by atoms with Gasteiger partial charge in [0.15, 0.2) is 0 Å². The first kappa shape index (κ1) is 13.0. The third-order valence-corrected chi connectivity index (χ3v) is 3.58. The second-order valence-electron chi connectivity index (χ2n) is 4.47. The first-order valence-electron chi connectivity index (χ1n) is 6.02. The topological polar surface area (TPSA) is 34.9 Å². The molecule has 0 saturated heterocycles. The van der Waals surface area contributed by atoms with E-state index in [4.69, 9.17) is 0 Å². The second-order valence-corrected chi connectivity index (χ2v) is 5.38. The fourth-order valence-electron chi connectivity index (χ4n) is 2.03. The normalized spacial score (nSPS) is 10.9. The van der Waals surface area contributed by atoms with Gasteiger partial charge in [-0.15, -0.1) is 0 Å². The Morgan fingerprint density at radius 1 is 1.15 bits per heavy atom. The SMILES string of the molecule is O=c1c2ccc(F)cc2ncn1Cc1ccc(Br)cc1. The molecule has 0 aliphatic heterocycles. The van der Waals surface area contributed by atoms with Gasteiger partial charge in [0.25, 0.3) is 5.56 Å². The smallest absolute Gasteiger partial charge is 0.261 e. The van der Waals surface area contributed by atoms with Gasteiger partial charge in [-0.1, -0.05) is 28.1 Å². The highest BCUT2D eigenvalue weighted by molar-refractivity contribution is 9.10. The Kier molecular flexibility index (Phi) is 3.36. The molecular weight excluding hydrogens is 323 g/mol. The number of nitrogens with zero attached hydrogens (tertiary/aromatic N) is 2. The third-order valence-electron chi connectivity index (χ3n) is 3.05. The van der Waals surface area contributed by atoms with Crippen LogP contribution in [0.1, 0.15) is 5.56 Å². The number of hydrogen-bond acceptors (Lipinski definition) is 2. The molecule has 0 atom stereocenters. The maximum atomic E-state index is 13.1. The largest absolute Gasteiger partial charge is 0.294 e. The van der Waals surface area contributed by atoms with Gasteiger partial charge in [0.2, 0.25) is 0 Å². The van der Waals surface area contributed by atoms with E-state index < -0.39 is 5.82 Å². The second kappa shape index (κ2) is 5.17. The van der Waals surface area contributed by atoms with Crippen molar-refractivity contribution in [1.29, 1.82) is 0 Å². The van der Waals surface area contributed by atoms with Crippen LogP contribution in [-0.2, 0) is 6.54 Å². The van der Waals surface area contributed by atoms with Gasteiger partial charge in [0.1, 0.15) is 5.82 Å². The first-order valence-corrected chi connectivity index (χ1v) is 6.82. The average molecular weight is 333 g/mol. The van der Waals surface area contributed by atoms with Crippen molar-refractivity contribution in [2.45, 2.75) is 6.54 Å². The number of rotatable bonds is 2. The van der Waals surface area contributed by atoms with Crippen molar-refractivity contribution in [2.75, 3.05) is 0 Å². The maximum Gasteiger partial charge on any atom is 0.261 e. The highest BCUT2D eigenvalue weighted by Crippen LogP contribution is 2.12. The number of benzene rings is 2. The molecule has 0 saturated carbocycles. The highest BCUT2D eigenvalue weighted by atomic mass is 79.9. The van der Waals surface area contributed by atoms with Crippen LogP contribution in [-0.4, -0.2) is 9.55 Å². The Morgan fingerprint density at radius 3 is 2.65 bits per heavy atom. The Bertz CT molecular complexity index is 827. The Labute approximate surface area is 122 Å². The predicted octanol–water partition coefficient (Wildman–Crippen LogP) is 3.35. The molecule has 0 aliphatic carbocycles. The molecule has 3 aromatic rings. The van der Waals surface area contributed by atoms with E-state index in [-0.39, 0.29) is 5.56 Å². The summed E-state index contributed by atoms with van der Waals surface area (Å²) in [6.45, 7) is 0.437. The molecule has 3 nitrogen and oxygen atoms in total. The molecule has 100 valence electrons. The summed E-state index contributed by atoms with van der Waals surface area (Å²) in [5.41, 5.74) is 1.21. The summed E-state index contributed by atoms with van der Waals surface area (Å²) in [5.74, 6) is -0.393. The lowest BCUT2D eigenvalue weighted by Gasteiger charge is -2.07. The molecule has 0 N–H and O–H groups in total. The fraction of sp³-hybridized carbons (Fsp3) is 0.0667. The molecule has 1 heterocycles. The van der Waals surface area contributed by atoms with Gasteiger partial charge in [-0.2, -0.15) is 0 Å². The lowest BCUT2D eigenvalue weighted by molar-refractivity contribution is 0.629. The zero-order valence-electron chi connectivity index (χ0n) is 10.4. The molecule has 0 fully saturated rings. The van der Waals surface area contributed by atoms with Gasteiger partial charge in [-0.25, -0.2) is 9.37 Å². The minimum Gasteiger partial charge on any atom is -0.294 e. The summed E-state index contributed by atoms with van der Waals surface area (Å²) >= 11 is 3.37. The van der Waals surface area contributed by atoms with Crippen molar-refractivity contribution >= 4 is 26.8 Å². The van der Waals surface area contributed by atoms with E-state index in [1.807, 2.05) is 24.3 Å². The van der Waals surface area contributed by atoms with E-state index >= 15 is 0 Å². The molecule has 0 spiro atoms. The average Bonchev–Trinajstić information content (AvgIpc) is 2.44. The summed E-state index contributed by atoms with van der Waals surface area (Å²) < 4.78 is 15.6. The quantitative estimate of drug-likeness (QED) is 0.721. The Morgan fingerprint density at radius 2 is 1.90 bits per heavy atom. The Balaban J connectivity index is 2.04. The van der Waals surface area contributed by atoms with Gasteiger partial charge >= 0.3 is 0 Å². The number of aromatic nitrogens is 2. The summed E-state index contributed by atoms with van der Waals surface area (Å²) in [4.78, 5) is 16.4.